The molecule has 0 radical (unpaired) electrons. The van der Waals surface area contributed by atoms with Crippen LogP contribution in [0.4, 0.5) is 0 Å². The fraction of sp³-hybridized carbons (Fsp3) is 0.600. The summed E-state index contributed by atoms with van der Waals surface area (Å²) >= 11 is 0. The Morgan fingerprint density at radius 1 is 1.29 bits per heavy atom. The van der Waals surface area contributed by atoms with E-state index < -0.39 is 0 Å². The molecule has 1 atom stereocenters. The minimum Gasteiger partial charge on any atom is -0.487 e. The second kappa shape index (κ2) is 4.02. The summed E-state index contributed by atoms with van der Waals surface area (Å²) in [5.41, 5.74) is 2.89. The molecule has 1 aliphatic heterocycles. The molecule has 2 heteroatoms. The molecule has 17 heavy (non-hydrogen) atoms. The second-order valence-electron chi connectivity index (χ2n) is 5.26. The number of epoxide rings is 1. The van der Waals surface area contributed by atoms with E-state index in [0.29, 0.717) is 6.10 Å². The normalized spacial score (nSPS) is 20.9. The van der Waals surface area contributed by atoms with Crippen LogP contribution in [0.15, 0.2) is 18.2 Å². The SMILES string of the molecule is CCC(CC)(CC1CO1)Oc1ccc2c(c1)C2. The van der Waals surface area contributed by atoms with E-state index in [4.69, 9.17) is 9.47 Å². The van der Waals surface area contributed by atoms with Gasteiger partial charge in [0.05, 0.1) is 12.7 Å². The largest absolute Gasteiger partial charge is 0.487 e. The minimum absolute atomic E-state index is 0.0374. The lowest BCUT2D eigenvalue weighted by molar-refractivity contribution is 0.0433. The zero-order valence-electron chi connectivity index (χ0n) is 10.7. The van der Waals surface area contributed by atoms with Crippen molar-refractivity contribution in [3.05, 3.63) is 29.3 Å². The van der Waals surface area contributed by atoms with Crippen LogP contribution in [0.5, 0.6) is 5.75 Å². The minimum atomic E-state index is -0.0374. The number of fused-ring (bicyclic) bond motifs is 1. The van der Waals surface area contributed by atoms with Gasteiger partial charge in [-0.2, -0.15) is 0 Å². The monoisotopic (exact) mass is 232 g/mol. The third-order valence-corrected chi connectivity index (χ3v) is 4.06. The summed E-state index contributed by atoms with van der Waals surface area (Å²) in [4.78, 5) is 0. The first-order valence-electron chi connectivity index (χ1n) is 6.67. The number of hydrogen-bond donors (Lipinski definition) is 0. The summed E-state index contributed by atoms with van der Waals surface area (Å²) < 4.78 is 11.6. The number of hydrogen-bond acceptors (Lipinski definition) is 2. The molecule has 0 bridgehead atoms. The average molecular weight is 232 g/mol. The van der Waals surface area contributed by atoms with Crippen LogP contribution in [0.3, 0.4) is 0 Å². The Morgan fingerprint density at radius 2 is 2.06 bits per heavy atom. The Kier molecular flexibility index (Phi) is 2.62. The molecule has 1 saturated heterocycles. The summed E-state index contributed by atoms with van der Waals surface area (Å²) in [6.07, 6.45) is 4.69. The summed E-state index contributed by atoms with van der Waals surface area (Å²) in [5, 5.41) is 0. The number of ether oxygens (including phenoxy) is 2. The van der Waals surface area contributed by atoms with Gasteiger partial charge in [0.25, 0.3) is 0 Å². The van der Waals surface area contributed by atoms with Gasteiger partial charge in [0, 0.05) is 6.42 Å². The molecule has 0 amide bonds. The van der Waals surface area contributed by atoms with Crippen molar-refractivity contribution in [3.8, 4) is 5.75 Å². The summed E-state index contributed by atoms with van der Waals surface area (Å²) in [6, 6.07) is 6.50. The zero-order valence-corrected chi connectivity index (χ0v) is 10.7. The Hall–Kier alpha value is -1.02. The fourth-order valence-corrected chi connectivity index (χ4v) is 2.51. The lowest BCUT2D eigenvalue weighted by atomic mass is 9.91. The van der Waals surface area contributed by atoms with Crippen LogP contribution in [-0.2, 0) is 11.2 Å². The highest BCUT2D eigenvalue weighted by molar-refractivity contribution is 5.49. The van der Waals surface area contributed by atoms with E-state index in [2.05, 4.69) is 32.0 Å². The predicted molar refractivity (Wildman–Crippen MR) is 67.5 cm³/mol. The van der Waals surface area contributed by atoms with Crippen molar-refractivity contribution >= 4 is 0 Å². The van der Waals surface area contributed by atoms with Crippen molar-refractivity contribution in [1.82, 2.24) is 0 Å². The maximum absolute atomic E-state index is 6.29. The smallest absolute Gasteiger partial charge is 0.120 e. The van der Waals surface area contributed by atoms with E-state index in [0.717, 1.165) is 38.0 Å². The Morgan fingerprint density at radius 3 is 2.65 bits per heavy atom. The van der Waals surface area contributed by atoms with Crippen molar-refractivity contribution < 1.29 is 9.47 Å². The molecule has 3 rings (SSSR count). The highest BCUT2D eigenvalue weighted by Crippen LogP contribution is 2.36. The van der Waals surface area contributed by atoms with Crippen molar-refractivity contribution in [3.63, 3.8) is 0 Å². The number of rotatable bonds is 6. The molecular formula is C15H20O2. The molecule has 1 aromatic carbocycles. The molecule has 1 aliphatic carbocycles. The second-order valence-corrected chi connectivity index (χ2v) is 5.26. The highest BCUT2D eigenvalue weighted by Gasteiger charge is 2.37. The lowest BCUT2D eigenvalue weighted by Gasteiger charge is -2.32. The third kappa shape index (κ3) is 2.32. The van der Waals surface area contributed by atoms with Gasteiger partial charge in [-0.15, -0.1) is 0 Å². The van der Waals surface area contributed by atoms with Crippen molar-refractivity contribution in [2.24, 2.45) is 0 Å². The highest BCUT2D eigenvalue weighted by atomic mass is 16.6. The van der Waals surface area contributed by atoms with Crippen molar-refractivity contribution in [2.45, 2.75) is 51.2 Å². The van der Waals surface area contributed by atoms with Gasteiger partial charge in [-0.25, -0.2) is 0 Å². The van der Waals surface area contributed by atoms with Crippen molar-refractivity contribution in [1.29, 1.82) is 0 Å². The Bertz CT molecular complexity index is 417. The standard InChI is InChI=1S/C15H20O2/c1-3-15(4-2,9-14-10-16-14)17-13-6-5-11-7-12(11)8-13/h5-6,8,14H,3-4,7,9-10H2,1-2H3. The molecule has 1 aromatic rings. The maximum atomic E-state index is 6.29. The molecule has 92 valence electrons. The Labute approximate surface area is 103 Å². The van der Waals surface area contributed by atoms with Crippen molar-refractivity contribution in [2.75, 3.05) is 6.61 Å². The van der Waals surface area contributed by atoms with Gasteiger partial charge in [-0.05, 0) is 42.5 Å². The van der Waals surface area contributed by atoms with E-state index in [1.165, 1.54) is 11.1 Å². The topological polar surface area (TPSA) is 21.8 Å². The van der Waals surface area contributed by atoms with Gasteiger partial charge in [0.1, 0.15) is 11.4 Å². The number of benzene rings is 1. The van der Waals surface area contributed by atoms with Gasteiger partial charge < -0.3 is 9.47 Å². The zero-order chi connectivity index (χ0) is 11.9. The molecule has 2 aliphatic rings. The van der Waals surface area contributed by atoms with Crippen LogP contribution < -0.4 is 4.74 Å². The molecule has 1 fully saturated rings. The van der Waals surface area contributed by atoms with Crippen LogP contribution in [0, 0.1) is 0 Å². The molecule has 0 spiro atoms. The van der Waals surface area contributed by atoms with E-state index in [-0.39, 0.29) is 5.60 Å². The summed E-state index contributed by atoms with van der Waals surface area (Å²) in [7, 11) is 0. The van der Waals surface area contributed by atoms with E-state index in [1.54, 1.807) is 0 Å². The van der Waals surface area contributed by atoms with Crippen LogP contribution in [0.2, 0.25) is 0 Å². The quantitative estimate of drug-likeness (QED) is 0.713. The van der Waals surface area contributed by atoms with Crippen LogP contribution >= 0.6 is 0 Å². The predicted octanol–water partition coefficient (Wildman–Crippen LogP) is 3.32. The molecule has 1 unspecified atom stereocenters. The van der Waals surface area contributed by atoms with E-state index >= 15 is 0 Å². The molecular weight excluding hydrogens is 212 g/mol. The maximum Gasteiger partial charge on any atom is 0.120 e. The summed E-state index contributed by atoms with van der Waals surface area (Å²) in [5.74, 6) is 1.03. The summed E-state index contributed by atoms with van der Waals surface area (Å²) in [6.45, 7) is 5.33. The van der Waals surface area contributed by atoms with Gasteiger partial charge in [-0.3, -0.25) is 0 Å². The van der Waals surface area contributed by atoms with E-state index in [9.17, 15) is 0 Å². The fourth-order valence-electron chi connectivity index (χ4n) is 2.51. The van der Waals surface area contributed by atoms with Gasteiger partial charge in [0.15, 0.2) is 0 Å². The first-order valence-corrected chi connectivity index (χ1v) is 6.67. The lowest BCUT2D eigenvalue weighted by Crippen LogP contribution is -2.36. The van der Waals surface area contributed by atoms with Crippen LogP contribution in [0.1, 0.15) is 44.2 Å². The first kappa shape index (κ1) is 11.1. The molecule has 0 saturated carbocycles. The third-order valence-electron chi connectivity index (χ3n) is 4.06. The van der Waals surface area contributed by atoms with Crippen LogP contribution in [-0.4, -0.2) is 18.3 Å². The van der Waals surface area contributed by atoms with Crippen LogP contribution in [0.25, 0.3) is 0 Å². The van der Waals surface area contributed by atoms with Gasteiger partial charge >= 0.3 is 0 Å². The van der Waals surface area contributed by atoms with E-state index in [1.807, 2.05) is 0 Å². The first-order chi connectivity index (χ1) is 8.24. The van der Waals surface area contributed by atoms with Gasteiger partial charge in [-0.1, -0.05) is 19.9 Å². The molecule has 0 N–H and O–H groups in total. The molecule has 0 aromatic heterocycles. The molecule has 2 nitrogen and oxygen atoms in total. The molecule has 1 heterocycles. The van der Waals surface area contributed by atoms with Gasteiger partial charge in [0.2, 0.25) is 0 Å². The average Bonchev–Trinajstić information content (AvgIpc) is 3.22. The Balaban J connectivity index is 1.74.